The molecule has 0 bridgehead atoms. The molecule has 0 atom stereocenters. The quantitative estimate of drug-likeness (QED) is 0.415. The van der Waals surface area contributed by atoms with Crippen molar-refractivity contribution in [2.45, 2.75) is 11.8 Å². The fourth-order valence-electron chi connectivity index (χ4n) is 2.72. The van der Waals surface area contributed by atoms with Gasteiger partial charge in [0.2, 0.25) is 0 Å². The fraction of sp³-hybridized carbons (Fsp3) is 0.0455. The van der Waals surface area contributed by atoms with E-state index in [1.54, 1.807) is 30.7 Å². The number of benzene rings is 2. The smallest absolute Gasteiger partial charge is 0.139 e. The van der Waals surface area contributed by atoms with Gasteiger partial charge < -0.3 is 10.0 Å². The summed E-state index contributed by atoms with van der Waals surface area (Å²) in [6, 6.07) is 22.3. The zero-order chi connectivity index (χ0) is 19.2. The molecule has 4 aromatic rings. The Kier molecular flexibility index (Phi) is 5.49. The van der Waals surface area contributed by atoms with E-state index in [4.69, 9.17) is 0 Å². The van der Waals surface area contributed by atoms with Gasteiger partial charge in [-0.3, -0.25) is 0 Å². The fourth-order valence-corrected chi connectivity index (χ4v) is 3.37. The van der Waals surface area contributed by atoms with Crippen LogP contribution in [0.4, 0.5) is 17.2 Å². The Labute approximate surface area is 168 Å². The third kappa shape index (κ3) is 4.29. The summed E-state index contributed by atoms with van der Waals surface area (Å²) in [5.74, 6) is 0.761. The van der Waals surface area contributed by atoms with Gasteiger partial charge in [-0.25, -0.2) is 15.0 Å². The molecule has 2 N–H and O–H groups in total. The lowest BCUT2D eigenvalue weighted by Crippen LogP contribution is -1.99. The Balaban J connectivity index is 1.57. The van der Waals surface area contributed by atoms with Crippen LogP contribution in [0.5, 0.6) is 0 Å². The van der Waals surface area contributed by atoms with Gasteiger partial charge in [0.1, 0.15) is 12.1 Å². The van der Waals surface area contributed by atoms with E-state index in [2.05, 4.69) is 62.2 Å². The Hall–Kier alpha value is -3.38. The molecule has 0 unspecified atom stereocenters. The Bertz CT molecular complexity index is 1050. The maximum absolute atomic E-state index is 4.52. The van der Waals surface area contributed by atoms with Crippen molar-refractivity contribution in [3.63, 3.8) is 0 Å². The number of nitrogens with one attached hydrogen (secondary N) is 2. The van der Waals surface area contributed by atoms with Crippen molar-refractivity contribution >= 4 is 29.1 Å². The van der Waals surface area contributed by atoms with E-state index >= 15 is 0 Å². The topological polar surface area (TPSA) is 62.7 Å². The highest BCUT2D eigenvalue weighted by Crippen LogP contribution is 2.30. The minimum absolute atomic E-state index is 0.761. The molecule has 0 saturated heterocycles. The van der Waals surface area contributed by atoms with Crippen LogP contribution in [0.25, 0.3) is 11.3 Å². The molecule has 0 aliphatic rings. The number of pyridine rings is 1. The Morgan fingerprint density at radius 3 is 2.57 bits per heavy atom. The van der Waals surface area contributed by atoms with Gasteiger partial charge in [-0.1, -0.05) is 24.3 Å². The molecule has 0 radical (unpaired) electrons. The van der Waals surface area contributed by atoms with E-state index in [1.165, 1.54) is 0 Å². The molecule has 6 heteroatoms. The van der Waals surface area contributed by atoms with Crippen LogP contribution in [0.3, 0.4) is 0 Å². The summed E-state index contributed by atoms with van der Waals surface area (Å²) in [6.45, 7) is 2.07. The standard InChI is InChI=1S/C22H19N5S/c1-16-9-10-17(27-28-18-6-3-2-4-7-18)14-21(16)26-22-19(8-5-12-24-22)20-11-13-23-15-25-20/h2-15,27H,1H3,(H,24,26). The van der Waals surface area contributed by atoms with Gasteiger partial charge in [0, 0.05) is 34.2 Å². The first-order chi connectivity index (χ1) is 13.8. The number of rotatable bonds is 6. The van der Waals surface area contributed by atoms with Crippen LogP contribution < -0.4 is 10.0 Å². The summed E-state index contributed by atoms with van der Waals surface area (Å²) >= 11 is 1.58. The average Bonchev–Trinajstić information content (AvgIpc) is 2.76. The van der Waals surface area contributed by atoms with Crippen molar-refractivity contribution in [1.29, 1.82) is 0 Å². The minimum atomic E-state index is 0.761. The SMILES string of the molecule is Cc1ccc(NSc2ccccc2)cc1Nc1ncccc1-c1ccncn1. The number of aryl methyl sites for hydroxylation is 1. The van der Waals surface area contributed by atoms with E-state index in [1.807, 2.05) is 36.4 Å². The number of anilines is 3. The van der Waals surface area contributed by atoms with Crippen LogP contribution >= 0.6 is 11.9 Å². The molecule has 5 nitrogen and oxygen atoms in total. The summed E-state index contributed by atoms with van der Waals surface area (Å²) in [7, 11) is 0. The van der Waals surface area contributed by atoms with E-state index in [0.717, 1.165) is 38.9 Å². The first-order valence-electron chi connectivity index (χ1n) is 8.86. The lowest BCUT2D eigenvalue weighted by Gasteiger charge is -2.14. The largest absolute Gasteiger partial charge is 0.339 e. The van der Waals surface area contributed by atoms with Crippen LogP contribution in [0, 0.1) is 6.92 Å². The second kappa shape index (κ2) is 8.54. The van der Waals surface area contributed by atoms with E-state index in [-0.39, 0.29) is 0 Å². The molecule has 28 heavy (non-hydrogen) atoms. The molecule has 2 heterocycles. The summed E-state index contributed by atoms with van der Waals surface area (Å²) in [5.41, 5.74) is 4.90. The first-order valence-corrected chi connectivity index (χ1v) is 9.68. The van der Waals surface area contributed by atoms with Crippen molar-refractivity contribution in [3.05, 3.63) is 91.0 Å². The van der Waals surface area contributed by atoms with Crippen LogP contribution in [0.15, 0.2) is 90.3 Å². The number of hydrogen-bond acceptors (Lipinski definition) is 6. The lowest BCUT2D eigenvalue weighted by molar-refractivity contribution is 1.17. The van der Waals surface area contributed by atoms with Gasteiger partial charge >= 0.3 is 0 Å². The highest BCUT2D eigenvalue weighted by Gasteiger charge is 2.09. The van der Waals surface area contributed by atoms with Gasteiger partial charge in [-0.05, 0) is 66.9 Å². The Morgan fingerprint density at radius 1 is 0.857 bits per heavy atom. The summed E-state index contributed by atoms with van der Waals surface area (Å²) < 4.78 is 3.40. The normalized spacial score (nSPS) is 10.5. The predicted molar refractivity (Wildman–Crippen MR) is 116 cm³/mol. The van der Waals surface area contributed by atoms with Crippen molar-refractivity contribution < 1.29 is 0 Å². The second-order valence-corrected chi connectivity index (χ2v) is 7.05. The van der Waals surface area contributed by atoms with Crippen molar-refractivity contribution in [2.24, 2.45) is 0 Å². The van der Waals surface area contributed by atoms with E-state index in [0.29, 0.717) is 0 Å². The number of hydrogen-bond donors (Lipinski definition) is 2. The predicted octanol–water partition coefficient (Wildman–Crippen LogP) is 5.71. The van der Waals surface area contributed by atoms with Gasteiger partial charge in [0.15, 0.2) is 0 Å². The minimum Gasteiger partial charge on any atom is -0.339 e. The summed E-state index contributed by atoms with van der Waals surface area (Å²) in [5, 5.41) is 3.46. The van der Waals surface area contributed by atoms with E-state index < -0.39 is 0 Å². The van der Waals surface area contributed by atoms with Crippen molar-refractivity contribution in [2.75, 3.05) is 10.0 Å². The molecule has 0 saturated carbocycles. The summed E-state index contributed by atoms with van der Waals surface area (Å²) in [6.07, 6.45) is 5.05. The highest BCUT2D eigenvalue weighted by molar-refractivity contribution is 8.00. The molecule has 0 amide bonds. The van der Waals surface area contributed by atoms with Crippen molar-refractivity contribution in [1.82, 2.24) is 15.0 Å². The zero-order valence-electron chi connectivity index (χ0n) is 15.3. The lowest BCUT2D eigenvalue weighted by atomic mass is 10.1. The second-order valence-electron chi connectivity index (χ2n) is 6.17. The monoisotopic (exact) mass is 385 g/mol. The molecule has 2 aromatic carbocycles. The van der Waals surface area contributed by atoms with Gasteiger partial charge in [-0.2, -0.15) is 0 Å². The first kappa shape index (κ1) is 18.0. The number of nitrogens with zero attached hydrogens (tertiary/aromatic N) is 3. The molecule has 0 aliphatic carbocycles. The van der Waals surface area contributed by atoms with E-state index in [9.17, 15) is 0 Å². The Morgan fingerprint density at radius 2 is 1.75 bits per heavy atom. The third-order valence-corrected chi connectivity index (χ3v) is 5.03. The number of aromatic nitrogens is 3. The van der Waals surface area contributed by atoms with Crippen molar-refractivity contribution in [3.8, 4) is 11.3 Å². The third-order valence-electron chi connectivity index (χ3n) is 4.19. The van der Waals surface area contributed by atoms with Gasteiger partial charge in [-0.15, -0.1) is 0 Å². The zero-order valence-corrected chi connectivity index (χ0v) is 16.1. The molecule has 2 aromatic heterocycles. The maximum Gasteiger partial charge on any atom is 0.139 e. The van der Waals surface area contributed by atoms with Gasteiger partial charge in [0.05, 0.1) is 5.69 Å². The molecular formula is C22H19N5S. The average molecular weight is 385 g/mol. The van der Waals surface area contributed by atoms with Crippen LogP contribution in [0.2, 0.25) is 0 Å². The van der Waals surface area contributed by atoms with Crippen LogP contribution in [-0.4, -0.2) is 15.0 Å². The van der Waals surface area contributed by atoms with Gasteiger partial charge in [0.25, 0.3) is 0 Å². The highest BCUT2D eigenvalue weighted by atomic mass is 32.2. The summed E-state index contributed by atoms with van der Waals surface area (Å²) in [4.78, 5) is 14.0. The molecular weight excluding hydrogens is 366 g/mol. The maximum atomic E-state index is 4.52. The van der Waals surface area contributed by atoms with Crippen LogP contribution in [-0.2, 0) is 0 Å². The molecule has 138 valence electrons. The molecule has 0 aliphatic heterocycles. The molecule has 4 rings (SSSR count). The molecule has 0 spiro atoms. The van der Waals surface area contributed by atoms with Crippen LogP contribution in [0.1, 0.15) is 5.56 Å². The molecule has 0 fully saturated rings.